The van der Waals surface area contributed by atoms with Crippen molar-refractivity contribution in [2.24, 2.45) is 5.92 Å². The van der Waals surface area contributed by atoms with Crippen LogP contribution in [0, 0.1) is 5.92 Å². The molecule has 0 radical (unpaired) electrons. The molecule has 1 saturated carbocycles. The predicted molar refractivity (Wildman–Crippen MR) is 115 cm³/mol. The number of benzene rings is 2. The van der Waals surface area contributed by atoms with Gasteiger partial charge in [0.05, 0.1) is 12.2 Å². The zero-order chi connectivity index (χ0) is 20.4. The summed E-state index contributed by atoms with van der Waals surface area (Å²) in [5.74, 6) is 0.941. The Balaban J connectivity index is 1.30. The minimum absolute atomic E-state index is 0.341. The van der Waals surface area contributed by atoms with Crippen LogP contribution in [0.15, 0.2) is 36.4 Å². The standard InChI is InChI=1S/C23H25Cl2NO3/c24-19-9-16(10-20(25)12-19)13-26-7-5-15(6-8-26)14-29-22-4-3-18(23(27)28)11-21(22)17-1-2-17/h3-4,9-12,15,17H,1-2,5-8,13-14H2,(H,27,28). The second-order valence-corrected chi connectivity index (χ2v) is 9.01. The average Bonchev–Trinajstić information content (AvgIpc) is 3.51. The molecule has 0 bridgehead atoms. The number of nitrogens with zero attached hydrogens (tertiary/aromatic N) is 1. The molecule has 1 aliphatic carbocycles. The molecule has 2 aromatic carbocycles. The van der Waals surface area contributed by atoms with Gasteiger partial charge in [-0.1, -0.05) is 23.2 Å². The fourth-order valence-corrected chi connectivity index (χ4v) is 4.58. The van der Waals surface area contributed by atoms with Gasteiger partial charge in [0, 0.05) is 16.6 Å². The lowest BCUT2D eigenvalue weighted by Crippen LogP contribution is -2.35. The van der Waals surface area contributed by atoms with Gasteiger partial charge in [-0.25, -0.2) is 4.79 Å². The van der Waals surface area contributed by atoms with E-state index in [4.69, 9.17) is 27.9 Å². The first-order valence-corrected chi connectivity index (χ1v) is 10.9. The Morgan fingerprint density at radius 3 is 2.34 bits per heavy atom. The normalized spacial score (nSPS) is 18.0. The van der Waals surface area contributed by atoms with Crippen molar-refractivity contribution in [1.29, 1.82) is 0 Å². The van der Waals surface area contributed by atoms with Gasteiger partial charge in [0.25, 0.3) is 0 Å². The third-order valence-corrected chi connectivity index (χ3v) is 6.22. The fraction of sp³-hybridized carbons (Fsp3) is 0.435. The molecule has 0 spiro atoms. The summed E-state index contributed by atoms with van der Waals surface area (Å²) in [6.45, 7) is 3.58. The van der Waals surface area contributed by atoms with Gasteiger partial charge in [-0.15, -0.1) is 0 Å². The van der Waals surface area contributed by atoms with Crippen LogP contribution in [0.3, 0.4) is 0 Å². The monoisotopic (exact) mass is 433 g/mol. The average molecular weight is 434 g/mol. The molecule has 4 rings (SSSR count). The summed E-state index contributed by atoms with van der Waals surface area (Å²) in [5, 5.41) is 10.6. The van der Waals surface area contributed by atoms with Crippen molar-refractivity contribution in [1.82, 2.24) is 4.90 Å². The van der Waals surface area contributed by atoms with Crippen LogP contribution in [0.5, 0.6) is 5.75 Å². The summed E-state index contributed by atoms with van der Waals surface area (Å²) >= 11 is 12.2. The first kappa shape index (κ1) is 20.5. The highest BCUT2D eigenvalue weighted by Gasteiger charge is 2.28. The van der Waals surface area contributed by atoms with Gasteiger partial charge in [0.1, 0.15) is 5.75 Å². The Labute approximate surface area is 181 Å². The van der Waals surface area contributed by atoms with E-state index in [2.05, 4.69) is 4.90 Å². The maximum atomic E-state index is 11.3. The summed E-state index contributed by atoms with van der Waals surface area (Å²) in [5.41, 5.74) is 2.54. The lowest BCUT2D eigenvalue weighted by molar-refractivity contribution is 0.0696. The number of hydrogen-bond acceptors (Lipinski definition) is 3. The van der Waals surface area contributed by atoms with E-state index >= 15 is 0 Å². The lowest BCUT2D eigenvalue weighted by atomic mass is 9.97. The van der Waals surface area contributed by atoms with Crippen LogP contribution in [-0.2, 0) is 6.54 Å². The van der Waals surface area contributed by atoms with E-state index in [1.54, 1.807) is 18.2 Å². The fourth-order valence-electron chi connectivity index (χ4n) is 4.01. The van der Waals surface area contributed by atoms with Crippen molar-refractivity contribution in [2.45, 2.75) is 38.1 Å². The van der Waals surface area contributed by atoms with Gasteiger partial charge >= 0.3 is 5.97 Å². The van der Waals surface area contributed by atoms with E-state index in [1.807, 2.05) is 18.2 Å². The molecule has 0 atom stereocenters. The number of likely N-dealkylation sites (tertiary alicyclic amines) is 1. The Kier molecular flexibility index (Phi) is 6.33. The highest BCUT2D eigenvalue weighted by atomic mass is 35.5. The minimum atomic E-state index is -0.883. The molecule has 1 saturated heterocycles. The molecule has 1 N–H and O–H groups in total. The van der Waals surface area contributed by atoms with Gasteiger partial charge < -0.3 is 9.84 Å². The zero-order valence-corrected chi connectivity index (χ0v) is 17.8. The molecule has 6 heteroatoms. The number of carbonyl (C=O) groups is 1. The van der Waals surface area contributed by atoms with Crippen LogP contribution < -0.4 is 4.74 Å². The molecule has 0 unspecified atom stereocenters. The Morgan fingerprint density at radius 1 is 1.03 bits per heavy atom. The molecule has 2 aromatic rings. The van der Waals surface area contributed by atoms with Crippen molar-refractivity contribution in [3.63, 3.8) is 0 Å². The number of rotatable bonds is 7. The lowest BCUT2D eigenvalue weighted by Gasteiger charge is -2.32. The van der Waals surface area contributed by atoms with Gasteiger partial charge in [-0.3, -0.25) is 4.90 Å². The summed E-state index contributed by atoms with van der Waals surface area (Å²) < 4.78 is 6.15. The third kappa shape index (κ3) is 5.44. The molecular formula is C23H25Cl2NO3. The summed E-state index contributed by atoms with van der Waals surface area (Å²) in [4.78, 5) is 13.7. The third-order valence-electron chi connectivity index (χ3n) is 5.78. The SMILES string of the molecule is O=C(O)c1ccc(OCC2CCN(Cc3cc(Cl)cc(Cl)c3)CC2)c(C2CC2)c1. The first-order chi connectivity index (χ1) is 14.0. The zero-order valence-electron chi connectivity index (χ0n) is 16.2. The maximum absolute atomic E-state index is 11.3. The predicted octanol–water partition coefficient (Wildman–Crippen LogP) is 5.86. The van der Waals surface area contributed by atoms with Crippen molar-refractivity contribution in [2.75, 3.05) is 19.7 Å². The van der Waals surface area contributed by atoms with E-state index in [-0.39, 0.29) is 0 Å². The summed E-state index contributed by atoms with van der Waals surface area (Å²) in [6.07, 6.45) is 4.40. The van der Waals surface area contributed by atoms with Gasteiger partial charge in [0.15, 0.2) is 0 Å². The Morgan fingerprint density at radius 2 is 1.72 bits per heavy atom. The molecule has 154 valence electrons. The van der Waals surface area contributed by atoms with Crippen molar-refractivity contribution in [3.8, 4) is 5.75 Å². The number of carboxylic acids is 1. The van der Waals surface area contributed by atoms with E-state index in [1.165, 1.54) is 0 Å². The summed E-state index contributed by atoms with van der Waals surface area (Å²) in [7, 11) is 0. The highest BCUT2D eigenvalue weighted by molar-refractivity contribution is 6.34. The van der Waals surface area contributed by atoms with Crippen molar-refractivity contribution in [3.05, 3.63) is 63.1 Å². The van der Waals surface area contributed by atoms with Gasteiger partial charge in [-0.05, 0) is 98.1 Å². The van der Waals surface area contributed by atoms with Crippen LogP contribution in [0.25, 0.3) is 0 Å². The molecule has 2 aliphatic rings. The number of carboxylic acid groups (broad SMARTS) is 1. The second-order valence-electron chi connectivity index (χ2n) is 8.14. The highest BCUT2D eigenvalue weighted by Crippen LogP contribution is 2.44. The molecule has 2 fully saturated rings. The first-order valence-electron chi connectivity index (χ1n) is 10.2. The molecule has 0 aromatic heterocycles. The largest absolute Gasteiger partial charge is 0.493 e. The van der Waals surface area contributed by atoms with Crippen LogP contribution >= 0.6 is 23.2 Å². The molecule has 29 heavy (non-hydrogen) atoms. The number of piperidine rings is 1. The van der Waals surface area contributed by atoms with Crippen molar-refractivity contribution >= 4 is 29.2 Å². The molecule has 1 heterocycles. The Hall–Kier alpha value is -1.75. The minimum Gasteiger partial charge on any atom is -0.493 e. The topological polar surface area (TPSA) is 49.8 Å². The summed E-state index contributed by atoms with van der Waals surface area (Å²) in [6, 6.07) is 11.0. The smallest absolute Gasteiger partial charge is 0.335 e. The number of halogens is 2. The quantitative estimate of drug-likeness (QED) is 0.593. The van der Waals surface area contributed by atoms with Crippen LogP contribution in [-0.4, -0.2) is 35.7 Å². The second kappa shape index (κ2) is 8.95. The van der Waals surface area contributed by atoms with Crippen molar-refractivity contribution < 1.29 is 14.6 Å². The number of hydrogen-bond donors (Lipinski definition) is 1. The number of ether oxygens (including phenoxy) is 1. The van der Waals surface area contributed by atoms with Gasteiger partial charge in [0.2, 0.25) is 0 Å². The van der Waals surface area contributed by atoms with Crippen LogP contribution in [0.1, 0.15) is 53.1 Å². The van der Waals surface area contributed by atoms with Crippen LogP contribution in [0.2, 0.25) is 10.0 Å². The van der Waals surface area contributed by atoms with E-state index in [0.717, 1.165) is 62.2 Å². The Bertz CT molecular complexity index is 869. The van der Waals surface area contributed by atoms with E-state index in [9.17, 15) is 9.90 Å². The van der Waals surface area contributed by atoms with Crippen LogP contribution in [0.4, 0.5) is 0 Å². The molecule has 1 aliphatic heterocycles. The number of aromatic carboxylic acids is 1. The van der Waals surface area contributed by atoms with E-state index in [0.29, 0.717) is 34.1 Å². The molecular weight excluding hydrogens is 409 g/mol. The van der Waals surface area contributed by atoms with E-state index < -0.39 is 5.97 Å². The maximum Gasteiger partial charge on any atom is 0.335 e. The van der Waals surface area contributed by atoms with Gasteiger partial charge in [-0.2, -0.15) is 0 Å². The molecule has 4 nitrogen and oxygen atoms in total. The molecule has 0 amide bonds.